The van der Waals surface area contributed by atoms with Gasteiger partial charge in [0.15, 0.2) is 0 Å². The number of hydrogen-bond donors (Lipinski definition) is 0. The molecule has 0 radical (unpaired) electrons. The Balaban J connectivity index is 1.40. The van der Waals surface area contributed by atoms with Crippen molar-refractivity contribution in [3.8, 4) is 33.4 Å². The van der Waals surface area contributed by atoms with Gasteiger partial charge in [-0.3, -0.25) is 0 Å². The van der Waals surface area contributed by atoms with E-state index in [1.54, 1.807) is 0 Å². The van der Waals surface area contributed by atoms with Gasteiger partial charge in [-0.15, -0.1) is 10.0 Å². The zero-order chi connectivity index (χ0) is 28.1. The van der Waals surface area contributed by atoms with Gasteiger partial charge in [0.1, 0.15) is 0 Å². The molecule has 0 N–H and O–H groups in total. The molecular weight excluding hydrogens is 537 g/mol. The van der Waals surface area contributed by atoms with Crippen molar-refractivity contribution in [1.82, 2.24) is 0 Å². The first-order valence-corrected chi connectivity index (χ1v) is 16.6. The van der Waals surface area contributed by atoms with Crippen molar-refractivity contribution in [1.29, 1.82) is 0 Å². The van der Waals surface area contributed by atoms with E-state index in [2.05, 4.69) is 158 Å². The van der Waals surface area contributed by atoms with Gasteiger partial charge in [0.05, 0.1) is 0 Å². The van der Waals surface area contributed by atoms with Gasteiger partial charge in [0.25, 0.3) is 0 Å². The van der Waals surface area contributed by atoms with E-state index in [1.807, 2.05) is 0 Å². The van der Waals surface area contributed by atoms with Gasteiger partial charge in [-0.25, -0.2) is 0 Å². The molecule has 0 saturated carbocycles. The zero-order valence-corrected chi connectivity index (χ0v) is 24.2. The Morgan fingerprint density at radius 3 is 1.16 bits per heavy atom. The van der Waals surface area contributed by atoms with Crippen LogP contribution in [0.2, 0.25) is 0 Å². The summed E-state index contributed by atoms with van der Waals surface area (Å²) < 4.78 is 0. The lowest BCUT2D eigenvalue weighted by atomic mass is 9.95. The highest BCUT2D eigenvalue weighted by atomic mass is 32.3. The molecule has 0 fully saturated rings. The molecule has 2 aliphatic heterocycles. The van der Waals surface area contributed by atoms with Crippen molar-refractivity contribution in [2.45, 2.75) is 19.6 Å². The molecule has 10 rings (SSSR count). The van der Waals surface area contributed by atoms with Crippen LogP contribution in [-0.2, 0) is 0 Å². The van der Waals surface area contributed by atoms with Crippen LogP contribution >= 0.6 is 10.0 Å². The molecule has 43 heavy (non-hydrogen) atoms. The first-order valence-electron chi connectivity index (χ1n) is 14.9. The Bertz CT molecular complexity index is 2260. The minimum atomic E-state index is -1.75. The molecule has 0 aliphatic carbocycles. The first kappa shape index (κ1) is 23.5. The highest BCUT2D eigenvalue weighted by Crippen LogP contribution is 2.84. The van der Waals surface area contributed by atoms with Gasteiger partial charge in [0.2, 0.25) is 0 Å². The van der Waals surface area contributed by atoms with Crippen LogP contribution in [0.1, 0.15) is 0 Å². The second-order valence-electron chi connectivity index (χ2n) is 11.7. The summed E-state index contributed by atoms with van der Waals surface area (Å²) in [5, 5.41) is 8.30. The molecule has 0 nitrogen and oxygen atoms in total. The van der Waals surface area contributed by atoms with Crippen LogP contribution in [-0.4, -0.2) is 0 Å². The van der Waals surface area contributed by atoms with Crippen molar-refractivity contribution < 1.29 is 0 Å². The standard InChI is InChI=1S/C42H26S/c1-3-11-27(12-4-1)29-21-23-33-34-24-22-30(28-13-5-2-6-14-28)26-40(34)43(39(33)25-29)37-19-9-17-35-31-15-7-8-16-32(31)36-18-10-20-38(43)42(36)41(35)37/h1-26H. The average Bonchev–Trinajstić information content (AvgIpc) is 3.56. The average molecular weight is 563 g/mol. The minimum Gasteiger partial charge on any atom is -0.130 e. The fourth-order valence-corrected chi connectivity index (χ4v) is 12.5. The van der Waals surface area contributed by atoms with E-state index < -0.39 is 10.0 Å². The third-order valence-electron chi connectivity index (χ3n) is 9.60. The predicted molar refractivity (Wildman–Crippen MR) is 182 cm³/mol. The summed E-state index contributed by atoms with van der Waals surface area (Å²) >= 11 is 0. The molecule has 2 heterocycles. The van der Waals surface area contributed by atoms with E-state index >= 15 is 0 Å². The number of hydrogen-bond acceptors (Lipinski definition) is 0. The van der Waals surface area contributed by atoms with Gasteiger partial charge in [-0.05, 0) is 79.2 Å². The van der Waals surface area contributed by atoms with Crippen LogP contribution in [0, 0.1) is 0 Å². The Labute approximate surface area is 252 Å². The topological polar surface area (TPSA) is 0 Å². The second kappa shape index (κ2) is 8.47. The van der Waals surface area contributed by atoms with Crippen molar-refractivity contribution in [2.75, 3.05) is 0 Å². The summed E-state index contributed by atoms with van der Waals surface area (Å²) in [5.74, 6) is 0. The summed E-state index contributed by atoms with van der Waals surface area (Å²) in [7, 11) is -1.75. The molecule has 1 heteroatoms. The van der Waals surface area contributed by atoms with Gasteiger partial charge in [-0.1, -0.05) is 133 Å². The molecule has 1 spiro atoms. The SMILES string of the molecule is c1ccc(-c2ccc3c(c2)S2(c4cc(-c5ccccc5)ccc4-3)c3cccc4c5ccccc5c5cccc2c5c34)cc1. The summed E-state index contributed by atoms with van der Waals surface area (Å²) in [5.41, 5.74) is 7.83. The van der Waals surface area contributed by atoms with Crippen LogP contribution in [0.25, 0.3) is 65.7 Å². The third kappa shape index (κ3) is 2.93. The van der Waals surface area contributed by atoms with E-state index in [-0.39, 0.29) is 0 Å². The Morgan fingerprint density at radius 2 is 0.698 bits per heavy atom. The van der Waals surface area contributed by atoms with E-state index in [9.17, 15) is 0 Å². The van der Waals surface area contributed by atoms with E-state index in [1.165, 1.54) is 85.3 Å². The molecule has 0 unspecified atom stereocenters. The Kier molecular flexibility index (Phi) is 4.62. The van der Waals surface area contributed by atoms with Gasteiger partial charge in [0, 0.05) is 30.4 Å². The summed E-state index contributed by atoms with van der Waals surface area (Å²) in [6, 6.07) is 59.3. The third-order valence-corrected chi connectivity index (χ3v) is 13.6. The van der Waals surface area contributed by atoms with Gasteiger partial charge >= 0.3 is 0 Å². The normalized spacial score (nSPS) is 14.5. The molecule has 0 atom stereocenters. The molecule has 8 aromatic rings. The smallest absolute Gasteiger partial charge is 0.0109 e. The molecule has 200 valence electrons. The Hall–Kier alpha value is -5.11. The maximum Gasteiger partial charge on any atom is 0.0109 e. The highest BCUT2D eigenvalue weighted by Gasteiger charge is 2.47. The fraction of sp³-hybridized carbons (Fsp3) is 0. The largest absolute Gasteiger partial charge is 0.130 e. The lowest BCUT2D eigenvalue weighted by molar-refractivity contribution is 1.38. The van der Waals surface area contributed by atoms with Crippen molar-refractivity contribution in [2.24, 2.45) is 0 Å². The van der Waals surface area contributed by atoms with Crippen molar-refractivity contribution >= 4 is 42.3 Å². The minimum absolute atomic E-state index is 1.26. The fourth-order valence-electron chi connectivity index (χ4n) is 7.82. The highest BCUT2D eigenvalue weighted by molar-refractivity contribution is 8.34. The molecule has 8 aromatic carbocycles. The molecule has 0 aromatic heterocycles. The molecule has 2 aliphatic rings. The number of rotatable bonds is 2. The molecule has 0 amide bonds. The van der Waals surface area contributed by atoms with E-state index in [0.29, 0.717) is 0 Å². The number of benzene rings is 8. The van der Waals surface area contributed by atoms with Crippen LogP contribution in [0.4, 0.5) is 0 Å². The lowest BCUT2D eigenvalue weighted by Gasteiger charge is -2.37. The van der Waals surface area contributed by atoms with Crippen LogP contribution < -0.4 is 0 Å². The summed E-state index contributed by atoms with van der Waals surface area (Å²) in [4.78, 5) is 5.90. The van der Waals surface area contributed by atoms with E-state index in [4.69, 9.17) is 0 Å². The van der Waals surface area contributed by atoms with E-state index in [0.717, 1.165) is 0 Å². The second-order valence-corrected chi connectivity index (χ2v) is 14.7. The molecule has 0 bridgehead atoms. The quantitative estimate of drug-likeness (QED) is 0.184. The zero-order valence-electron chi connectivity index (χ0n) is 23.4. The van der Waals surface area contributed by atoms with Gasteiger partial charge < -0.3 is 0 Å². The lowest BCUT2D eigenvalue weighted by Crippen LogP contribution is -1.99. The number of fused-ring (bicyclic) bond motifs is 10. The maximum atomic E-state index is 2.52. The van der Waals surface area contributed by atoms with Crippen LogP contribution in [0.15, 0.2) is 177 Å². The molecule has 0 saturated heterocycles. The Morgan fingerprint density at radius 1 is 0.279 bits per heavy atom. The molecular formula is C42H26S. The first-order chi connectivity index (χ1) is 21.3. The summed E-state index contributed by atoms with van der Waals surface area (Å²) in [6.45, 7) is 0. The monoisotopic (exact) mass is 562 g/mol. The summed E-state index contributed by atoms with van der Waals surface area (Å²) in [6.07, 6.45) is 0. The maximum absolute atomic E-state index is 2.52. The van der Waals surface area contributed by atoms with Crippen molar-refractivity contribution in [3.05, 3.63) is 158 Å². The van der Waals surface area contributed by atoms with Gasteiger partial charge in [-0.2, -0.15) is 0 Å². The van der Waals surface area contributed by atoms with Crippen LogP contribution in [0.3, 0.4) is 0 Å². The van der Waals surface area contributed by atoms with Crippen molar-refractivity contribution in [3.63, 3.8) is 0 Å². The van der Waals surface area contributed by atoms with Crippen LogP contribution in [0.5, 0.6) is 0 Å². The predicted octanol–water partition coefficient (Wildman–Crippen LogP) is 12.1.